The van der Waals surface area contributed by atoms with E-state index in [0.717, 1.165) is 12.5 Å². The van der Waals surface area contributed by atoms with Gasteiger partial charge in [-0.1, -0.05) is 13.3 Å². The molecular weight excluding hydrogens is 210 g/mol. The Bertz CT molecular complexity index is 95.7. The fourth-order valence-electron chi connectivity index (χ4n) is 1.31. The van der Waals surface area contributed by atoms with E-state index < -0.39 is 8.80 Å². The van der Waals surface area contributed by atoms with Gasteiger partial charge in [0.25, 0.3) is 0 Å². The molecule has 0 radical (unpaired) electrons. The lowest BCUT2D eigenvalue weighted by molar-refractivity contribution is 0.0712. The average molecular weight is 237 g/mol. The Hall–Kier alpha value is 0.0569. The molecule has 0 aliphatic rings. The Morgan fingerprint density at radius 1 is 0.800 bits per heavy atom. The molecule has 15 heavy (non-hydrogen) atoms. The van der Waals surface area contributed by atoms with Crippen LogP contribution in [0.1, 0.15) is 34.1 Å². The molecule has 0 aromatic heterocycles. The zero-order valence-corrected chi connectivity index (χ0v) is 11.8. The highest BCUT2D eigenvalue weighted by atomic mass is 28.4. The smallest absolute Gasteiger partial charge is 0.374 e. The van der Waals surface area contributed by atoms with Crippen LogP contribution in [0.3, 0.4) is 0 Å². The van der Waals surface area contributed by atoms with E-state index in [1.807, 2.05) is 20.8 Å². The molecule has 94 valence electrons. The van der Waals surface area contributed by atoms with E-state index in [4.69, 9.17) is 13.3 Å². The van der Waals surface area contributed by atoms with Gasteiger partial charge in [0, 0.05) is 25.9 Å². The van der Waals surface area contributed by atoms with Crippen molar-refractivity contribution in [2.45, 2.75) is 40.2 Å². The molecule has 0 aliphatic heterocycles. The third-order valence-electron chi connectivity index (χ3n) is 1.65. The summed E-state index contributed by atoms with van der Waals surface area (Å²) in [5.41, 5.74) is 4.50. The molecule has 0 aromatic carbocycles. The fraction of sp³-hybridized carbons (Fsp3) is 1.00. The summed E-state index contributed by atoms with van der Waals surface area (Å²) in [5, 5.41) is 0. The van der Waals surface area contributed by atoms with Crippen LogP contribution in [0.15, 0.2) is 0 Å². The Morgan fingerprint density at radius 2 is 1.13 bits per heavy atom. The monoisotopic (exact) mass is 237 g/mol. The lowest BCUT2D eigenvalue weighted by atomic mass is 10.6. The summed E-state index contributed by atoms with van der Waals surface area (Å²) < 4.78 is 16.9. The van der Waals surface area contributed by atoms with Crippen molar-refractivity contribution in [1.29, 1.82) is 0 Å². The van der Waals surface area contributed by atoms with E-state index in [0.29, 0.717) is 19.8 Å². The van der Waals surface area contributed by atoms with E-state index in [1.54, 1.807) is 0 Å². The molecule has 0 heterocycles. The van der Waals surface area contributed by atoms with Gasteiger partial charge in [0.05, 0.1) is 0 Å². The SMILES string of the molecule is CCC[Si](OCC)(OCC)OCC.CN. The standard InChI is InChI=1S/C9H22O3Si.CH5N/c1-5-9-13(10-6-2,11-7-3)12-8-4;1-2/h5-9H2,1-4H3;2H2,1H3. The topological polar surface area (TPSA) is 53.7 Å². The molecule has 0 bridgehead atoms. The van der Waals surface area contributed by atoms with Gasteiger partial charge in [0.15, 0.2) is 0 Å². The van der Waals surface area contributed by atoms with Crippen LogP contribution in [-0.4, -0.2) is 35.7 Å². The van der Waals surface area contributed by atoms with Crippen LogP contribution in [0.5, 0.6) is 0 Å². The van der Waals surface area contributed by atoms with Crippen LogP contribution < -0.4 is 5.73 Å². The van der Waals surface area contributed by atoms with Crippen LogP contribution in [0.25, 0.3) is 0 Å². The summed E-state index contributed by atoms with van der Waals surface area (Å²) in [4.78, 5) is 0. The maximum Gasteiger partial charge on any atom is 0.500 e. The predicted octanol–water partition coefficient (Wildman–Crippen LogP) is 2.02. The second kappa shape index (κ2) is 12.1. The molecule has 0 amide bonds. The zero-order chi connectivity index (χ0) is 12.2. The van der Waals surface area contributed by atoms with Gasteiger partial charge in [0.2, 0.25) is 0 Å². The number of hydrogen-bond acceptors (Lipinski definition) is 4. The van der Waals surface area contributed by atoms with Crippen molar-refractivity contribution >= 4 is 8.80 Å². The first-order valence-corrected chi connectivity index (χ1v) is 7.67. The third kappa shape index (κ3) is 7.93. The van der Waals surface area contributed by atoms with E-state index in [-0.39, 0.29) is 0 Å². The molecule has 0 aromatic rings. The predicted molar refractivity (Wildman–Crippen MR) is 65.8 cm³/mol. The van der Waals surface area contributed by atoms with Crippen LogP contribution in [0, 0.1) is 0 Å². The minimum absolute atomic E-state index is 0.673. The van der Waals surface area contributed by atoms with Crippen molar-refractivity contribution in [2.75, 3.05) is 26.9 Å². The summed E-state index contributed by atoms with van der Waals surface area (Å²) in [6, 6.07) is 0.919. The third-order valence-corrected chi connectivity index (χ3v) is 4.95. The first-order valence-electron chi connectivity index (χ1n) is 5.74. The molecule has 0 atom stereocenters. The van der Waals surface area contributed by atoms with E-state index in [9.17, 15) is 0 Å². The summed E-state index contributed by atoms with van der Waals surface area (Å²) in [5.74, 6) is 0. The minimum Gasteiger partial charge on any atom is -0.374 e. The molecular formula is C10H27NO3Si. The first-order chi connectivity index (χ1) is 7.24. The Kier molecular flexibility index (Phi) is 14.1. The Morgan fingerprint density at radius 3 is 1.33 bits per heavy atom. The van der Waals surface area contributed by atoms with Crippen LogP contribution in [0.4, 0.5) is 0 Å². The van der Waals surface area contributed by atoms with E-state index in [1.165, 1.54) is 7.05 Å². The van der Waals surface area contributed by atoms with Crippen LogP contribution in [0.2, 0.25) is 6.04 Å². The largest absolute Gasteiger partial charge is 0.500 e. The van der Waals surface area contributed by atoms with Crippen molar-refractivity contribution < 1.29 is 13.3 Å². The average Bonchev–Trinajstić information content (AvgIpc) is 2.22. The molecule has 2 N–H and O–H groups in total. The Labute approximate surface area is 95.5 Å². The van der Waals surface area contributed by atoms with E-state index >= 15 is 0 Å². The lowest BCUT2D eigenvalue weighted by Crippen LogP contribution is -2.45. The maximum absolute atomic E-state index is 5.65. The summed E-state index contributed by atoms with van der Waals surface area (Å²) in [6.45, 7) is 10.1. The first kappa shape index (κ1) is 17.5. The molecule has 0 saturated carbocycles. The van der Waals surface area contributed by atoms with Gasteiger partial charge in [0.1, 0.15) is 0 Å². The normalized spacial score (nSPS) is 10.8. The van der Waals surface area contributed by atoms with Gasteiger partial charge in [-0.3, -0.25) is 0 Å². The minimum atomic E-state index is -2.30. The highest BCUT2D eigenvalue weighted by molar-refractivity contribution is 6.60. The molecule has 4 nitrogen and oxygen atoms in total. The van der Waals surface area contributed by atoms with Crippen molar-refractivity contribution in [3.05, 3.63) is 0 Å². The zero-order valence-electron chi connectivity index (χ0n) is 10.8. The lowest BCUT2D eigenvalue weighted by Gasteiger charge is -2.27. The van der Waals surface area contributed by atoms with Crippen LogP contribution >= 0.6 is 0 Å². The second-order valence-corrected chi connectivity index (χ2v) is 5.46. The molecule has 0 saturated heterocycles. The van der Waals surface area contributed by atoms with Crippen molar-refractivity contribution in [1.82, 2.24) is 0 Å². The van der Waals surface area contributed by atoms with Gasteiger partial charge in [-0.15, -0.1) is 0 Å². The fourth-order valence-corrected chi connectivity index (χ4v) is 3.92. The van der Waals surface area contributed by atoms with Gasteiger partial charge in [-0.25, -0.2) is 0 Å². The molecule has 0 spiro atoms. The summed E-state index contributed by atoms with van der Waals surface area (Å²) in [7, 11) is -0.796. The number of hydrogen-bond donors (Lipinski definition) is 1. The second-order valence-electron chi connectivity index (χ2n) is 2.73. The van der Waals surface area contributed by atoms with Crippen molar-refractivity contribution in [3.63, 3.8) is 0 Å². The highest BCUT2D eigenvalue weighted by Crippen LogP contribution is 2.17. The van der Waals surface area contributed by atoms with E-state index in [2.05, 4.69) is 12.7 Å². The molecule has 5 heteroatoms. The summed E-state index contributed by atoms with van der Waals surface area (Å²) in [6.07, 6.45) is 1.05. The molecule has 0 aliphatic carbocycles. The Balaban J connectivity index is 0. The van der Waals surface area contributed by atoms with Crippen molar-refractivity contribution in [2.24, 2.45) is 5.73 Å². The highest BCUT2D eigenvalue weighted by Gasteiger charge is 2.38. The van der Waals surface area contributed by atoms with Gasteiger partial charge < -0.3 is 19.0 Å². The molecule has 0 unspecified atom stereocenters. The quantitative estimate of drug-likeness (QED) is 0.656. The number of nitrogens with two attached hydrogens (primary N) is 1. The van der Waals surface area contributed by atoms with Gasteiger partial charge in [-0.05, 0) is 27.8 Å². The molecule has 0 fully saturated rings. The maximum atomic E-state index is 5.65. The van der Waals surface area contributed by atoms with Gasteiger partial charge in [-0.2, -0.15) is 0 Å². The van der Waals surface area contributed by atoms with Crippen LogP contribution in [-0.2, 0) is 13.3 Å². The van der Waals surface area contributed by atoms with Gasteiger partial charge >= 0.3 is 8.80 Å². The summed E-state index contributed by atoms with van der Waals surface area (Å²) >= 11 is 0. The number of rotatable bonds is 8. The molecule has 0 rings (SSSR count). The van der Waals surface area contributed by atoms with Crippen molar-refractivity contribution in [3.8, 4) is 0 Å².